The fraction of sp³-hybridized carbons (Fsp3) is 0.0588. The van der Waals surface area contributed by atoms with Crippen LogP contribution in [0.3, 0.4) is 0 Å². The van der Waals surface area contributed by atoms with E-state index in [-0.39, 0.29) is 0 Å². The van der Waals surface area contributed by atoms with E-state index in [2.05, 4.69) is 0 Å². The van der Waals surface area contributed by atoms with Crippen LogP contribution in [0.25, 0.3) is 21.5 Å². The van der Waals surface area contributed by atoms with E-state index in [1.54, 1.807) is 6.07 Å². The zero-order valence-electron chi connectivity index (χ0n) is 19.9. The van der Waals surface area contributed by atoms with Gasteiger partial charge in [-0.25, -0.2) is 0 Å². The lowest BCUT2D eigenvalue weighted by molar-refractivity contribution is 0.0764. The number of aliphatic hydroxyl groups is 2. The van der Waals surface area contributed by atoms with Crippen LogP contribution in [0.5, 0.6) is 0 Å². The van der Waals surface area contributed by atoms with Gasteiger partial charge in [-0.1, -0.05) is 133 Å². The Morgan fingerprint density at radius 1 is 0.405 bits per heavy atom. The molecular weight excluding hydrogens is 476 g/mol. The Kier molecular flexibility index (Phi) is 4.83. The van der Waals surface area contributed by atoms with Crippen LogP contribution in [-0.2, 0) is 11.2 Å². The lowest BCUT2D eigenvalue weighted by Gasteiger charge is -2.46. The van der Waals surface area contributed by atoms with Gasteiger partial charge in [0, 0.05) is 27.3 Å². The smallest absolute Gasteiger partial charge is 0.143 e. The molecule has 0 saturated carbocycles. The van der Waals surface area contributed by atoms with Crippen LogP contribution in [0.15, 0.2) is 127 Å². The number of hydrogen-bond acceptors (Lipinski definition) is 2. The summed E-state index contributed by atoms with van der Waals surface area (Å²) in [6.07, 6.45) is 0. The molecule has 0 spiro atoms. The third kappa shape index (κ3) is 2.95. The zero-order valence-corrected chi connectivity index (χ0v) is 20.7. The lowest BCUT2D eigenvalue weighted by Crippen LogP contribution is -2.44. The Balaban J connectivity index is 1.65. The first-order valence-corrected chi connectivity index (χ1v) is 12.7. The van der Waals surface area contributed by atoms with E-state index in [4.69, 9.17) is 11.6 Å². The minimum Gasteiger partial charge on any atom is -0.376 e. The molecule has 3 heteroatoms. The van der Waals surface area contributed by atoms with Crippen molar-refractivity contribution >= 4 is 33.1 Å². The van der Waals surface area contributed by atoms with Gasteiger partial charge >= 0.3 is 0 Å². The molecule has 6 aromatic carbocycles. The molecule has 0 aromatic heterocycles. The number of fused-ring (bicyclic) bond motifs is 4. The van der Waals surface area contributed by atoms with E-state index in [0.29, 0.717) is 27.3 Å². The van der Waals surface area contributed by atoms with Crippen molar-refractivity contribution in [2.45, 2.75) is 11.2 Å². The predicted octanol–water partition coefficient (Wildman–Crippen LogP) is 7.53. The molecule has 2 atom stereocenters. The second-order valence-corrected chi connectivity index (χ2v) is 10.1. The fourth-order valence-corrected chi connectivity index (χ4v) is 6.55. The SMILES string of the molecule is OC1(c2cccc3ccccc23)c2ccccc2C(O)(c2cccc3ccccc23)c2c(Cl)cccc21. The highest BCUT2D eigenvalue weighted by molar-refractivity contribution is 6.31. The van der Waals surface area contributed by atoms with Crippen LogP contribution in [0.2, 0.25) is 5.02 Å². The minimum atomic E-state index is -1.58. The van der Waals surface area contributed by atoms with E-state index in [0.717, 1.165) is 32.7 Å². The molecular formula is C34H23ClO2. The van der Waals surface area contributed by atoms with Crippen molar-refractivity contribution in [1.82, 2.24) is 0 Å². The molecule has 178 valence electrons. The molecule has 0 saturated heterocycles. The van der Waals surface area contributed by atoms with Crippen molar-refractivity contribution in [3.05, 3.63) is 166 Å². The molecule has 7 rings (SSSR count). The van der Waals surface area contributed by atoms with E-state index >= 15 is 0 Å². The van der Waals surface area contributed by atoms with Crippen molar-refractivity contribution < 1.29 is 10.2 Å². The van der Waals surface area contributed by atoms with Crippen LogP contribution < -0.4 is 0 Å². The fourth-order valence-electron chi connectivity index (χ4n) is 6.24. The molecule has 37 heavy (non-hydrogen) atoms. The standard InChI is InChI=1S/C34H23ClO2/c35-31-21-9-20-30-32(31)34(37,27-19-8-13-23-11-2-4-15-25(23)27)29-17-6-5-16-28(29)33(30,36)26-18-7-12-22-10-1-3-14-24(22)26/h1-21,36-37H. The summed E-state index contributed by atoms with van der Waals surface area (Å²) in [5.41, 5.74) is 0.691. The van der Waals surface area contributed by atoms with Gasteiger partial charge in [0.05, 0.1) is 0 Å². The second kappa shape index (κ2) is 8.03. The van der Waals surface area contributed by atoms with Crippen molar-refractivity contribution in [2.24, 2.45) is 0 Å². The van der Waals surface area contributed by atoms with E-state index < -0.39 is 11.2 Å². The Labute approximate surface area is 220 Å². The van der Waals surface area contributed by atoms with Gasteiger partial charge in [-0.2, -0.15) is 0 Å². The first-order chi connectivity index (χ1) is 18.0. The number of hydrogen-bond donors (Lipinski definition) is 2. The van der Waals surface area contributed by atoms with Gasteiger partial charge in [-0.05, 0) is 38.7 Å². The maximum absolute atomic E-state index is 12.9. The van der Waals surface area contributed by atoms with E-state index in [1.165, 1.54) is 0 Å². The summed E-state index contributed by atoms with van der Waals surface area (Å²) >= 11 is 6.96. The highest BCUT2D eigenvalue weighted by atomic mass is 35.5. The van der Waals surface area contributed by atoms with Gasteiger partial charge in [-0.3, -0.25) is 0 Å². The second-order valence-electron chi connectivity index (χ2n) is 9.68. The molecule has 0 aliphatic heterocycles. The number of halogens is 1. The molecule has 0 amide bonds. The van der Waals surface area contributed by atoms with Gasteiger partial charge in [0.1, 0.15) is 11.2 Å². The quantitative estimate of drug-likeness (QED) is 0.259. The maximum Gasteiger partial charge on any atom is 0.143 e. The summed E-state index contributed by atoms with van der Waals surface area (Å²) in [5, 5.41) is 30.2. The van der Waals surface area contributed by atoms with Crippen LogP contribution in [0.1, 0.15) is 33.4 Å². The van der Waals surface area contributed by atoms with Gasteiger partial charge in [0.15, 0.2) is 0 Å². The lowest BCUT2D eigenvalue weighted by atomic mass is 9.62. The van der Waals surface area contributed by atoms with Crippen LogP contribution in [0.4, 0.5) is 0 Å². The Morgan fingerprint density at radius 2 is 0.811 bits per heavy atom. The first kappa shape index (κ1) is 22.3. The molecule has 0 fully saturated rings. The monoisotopic (exact) mass is 498 g/mol. The van der Waals surface area contributed by atoms with E-state index in [9.17, 15) is 10.2 Å². The summed E-state index contributed by atoms with van der Waals surface area (Å²) in [5.74, 6) is 0. The van der Waals surface area contributed by atoms with Gasteiger partial charge in [-0.15, -0.1) is 0 Å². The Morgan fingerprint density at radius 3 is 1.43 bits per heavy atom. The largest absolute Gasteiger partial charge is 0.376 e. The summed E-state index contributed by atoms with van der Waals surface area (Å²) in [6, 6.07) is 41.1. The molecule has 6 aromatic rings. The first-order valence-electron chi connectivity index (χ1n) is 12.4. The average Bonchev–Trinajstić information content (AvgIpc) is 2.95. The van der Waals surface area contributed by atoms with Crippen LogP contribution >= 0.6 is 11.6 Å². The highest BCUT2D eigenvalue weighted by Gasteiger charge is 2.52. The van der Waals surface area contributed by atoms with Gasteiger partial charge in [0.25, 0.3) is 0 Å². The van der Waals surface area contributed by atoms with Crippen LogP contribution in [0, 0.1) is 0 Å². The van der Waals surface area contributed by atoms with Crippen LogP contribution in [-0.4, -0.2) is 10.2 Å². The molecule has 2 N–H and O–H groups in total. The minimum absolute atomic E-state index is 0.404. The predicted molar refractivity (Wildman–Crippen MR) is 150 cm³/mol. The van der Waals surface area contributed by atoms with Crippen molar-refractivity contribution in [2.75, 3.05) is 0 Å². The topological polar surface area (TPSA) is 40.5 Å². The molecule has 1 aliphatic carbocycles. The molecule has 0 bridgehead atoms. The van der Waals surface area contributed by atoms with Crippen molar-refractivity contribution in [1.29, 1.82) is 0 Å². The summed E-state index contributed by atoms with van der Waals surface area (Å²) in [4.78, 5) is 0. The molecule has 1 aliphatic rings. The molecule has 2 unspecified atom stereocenters. The normalized spacial score (nSPS) is 20.5. The van der Waals surface area contributed by atoms with Crippen molar-refractivity contribution in [3.8, 4) is 0 Å². The zero-order chi connectivity index (χ0) is 25.2. The van der Waals surface area contributed by atoms with Gasteiger partial charge < -0.3 is 10.2 Å². The Bertz CT molecular complexity index is 1830. The number of benzene rings is 6. The van der Waals surface area contributed by atoms with Crippen molar-refractivity contribution in [3.63, 3.8) is 0 Å². The number of rotatable bonds is 2. The summed E-state index contributed by atoms with van der Waals surface area (Å²) < 4.78 is 0. The van der Waals surface area contributed by atoms with Gasteiger partial charge in [0.2, 0.25) is 0 Å². The van der Waals surface area contributed by atoms with E-state index in [1.807, 2.05) is 121 Å². The average molecular weight is 499 g/mol. The molecule has 0 heterocycles. The highest BCUT2D eigenvalue weighted by Crippen LogP contribution is 2.56. The summed E-state index contributed by atoms with van der Waals surface area (Å²) in [7, 11) is 0. The molecule has 0 radical (unpaired) electrons. The third-order valence-corrected chi connectivity index (χ3v) is 8.15. The third-order valence-electron chi connectivity index (χ3n) is 7.83. The molecule has 2 nitrogen and oxygen atoms in total. The Hall–Kier alpha value is -3.95. The maximum atomic E-state index is 12.9. The summed E-state index contributed by atoms with van der Waals surface area (Å²) in [6.45, 7) is 0.